The first-order valence-electron chi connectivity index (χ1n) is 9.66. The first kappa shape index (κ1) is 21.4. The number of allylic oxidation sites excluding steroid dienone is 1. The molecule has 154 valence electrons. The molecule has 1 N–H and O–H groups in total. The summed E-state index contributed by atoms with van der Waals surface area (Å²) in [6.07, 6.45) is 6.48. The molecule has 0 aliphatic heterocycles. The van der Waals surface area contributed by atoms with Crippen LogP contribution in [0, 0.1) is 6.92 Å². The molecule has 29 heavy (non-hydrogen) atoms. The molecule has 5 nitrogen and oxygen atoms in total. The Morgan fingerprint density at radius 3 is 2.48 bits per heavy atom. The van der Waals surface area contributed by atoms with Crippen molar-refractivity contribution >= 4 is 33.2 Å². The molecule has 1 aliphatic rings. The number of aryl methyl sites for hydroxylation is 1. The van der Waals surface area contributed by atoms with Crippen LogP contribution in [0.15, 0.2) is 65.1 Å². The van der Waals surface area contributed by atoms with Crippen LogP contribution < -0.4 is 9.62 Å². The van der Waals surface area contributed by atoms with E-state index in [4.69, 9.17) is 11.6 Å². The number of carbonyl (C=O) groups excluding carboxylic acids is 1. The highest BCUT2D eigenvalue weighted by Gasteiger charge is 2.28. The Balaban J connectivity index is 1.85. The number of hydrogen-bond donors (Lipinski definition) is 1. The van der Waals surface area contributed by atoms with E-state index in [9.17, 15) is 13.2 Å². The summed E-state index contributed by atoms with van der Waals surface area (Å²) in [7, 11) is -3.93. The highest BCUT2D eigenvalue weighted by molar-refractivity contribution is 7.92. The van der Waals surface area contributed by atoms with Crippen LogP contribution in [0.5, 0.6) is 0 Å². The second kappa shape index (κ2) is 9.46. The minimum Gasteiger partial charge on any atom is -0.351 e. The average Bonchev–Trinajstić information content (AvgIpc) is 2.72. The van der Waals surface area contributed by atoms with Crippen molar-refractivity contribution in [2.45, 2.75) is 37.5 Å². The third-order valence-electron chi connectivity index (χ3n) is 4.97. The molecule has 0 saturated carbocycles. The molecule has 1 aliphatic carbocycles. The Morgan fingerprint density at radius 2 is 1.83 bits per heavy atom. The molecule has 0 radical (unpaired) electrons. The lowest BCUT2D eigenvalue weighted by molar-refractivity contribution is -0.119. The second-order valence-corrected chi connectivity index (χ2v) is 9.44. The number of carbonyl (C=O) groups is 1. The van der Waals surface area contributed by atoms with Crippen molar-refractivity contribution in [2.24, 2.45) is 0 Å². The quantitative estimate of drug-likeness (QED) is 0.657. The summed E-state index contributed by atoms with van der Waals surface area (Å²) >= 11 is 5.91. The van der Waals surface area contributed by atoms with Crippen molar-refractivity contribution < 1.29 is 13.2 Å². The summed E-state index contributed by atoms with van der Waals surface area (Å²) in [6.45, 7) is 2.00. The van der Waals surface area contributed by atoms with Crippen molar-refractivity contribution in [2.75, 3.05) is 17.4 Å². The molecule has 0 unspecified atom stereocenters. The fourth-order valence-corrected chi connectivity index (χ4v) is 4.95. The number of amides is 1. The van der Waals surface area contributed by atoms with E-state index < -0.39 is 10.0 Å². The van der Waals surface area contributed by atoms with Crippen LogP contribution in [0.3, 0.4) is 0 Å². The van der Waals surface area contributed by atoms with Crippen LogP contribution in [-0.4, -0.2) is 27.4 Å². The lowest BCUT2D eigenvalue weighted by Crippen LogP contribution is -2.41. The maximum absolute atomic E-state index is 13.3. The summed E-state index contributed by atoms with van der Waals surface area (Å²) < 4.78 is 27.8. The highest BCUT2D eigenvalue weighted by atomic mass is 35.5. The number of nitrogens with zero attached hydrogens (tertiary/aromatic N) is 1. The molecular weight excluding hydrogens is 408 g/mol. The molecule has 0 fully saturated rings. The van der Waals surface area contributed by atoms with Crippen molar-refractivity contribution in [3.05, 3.63) is 70.8 Å². The van der Waals surface area contributed by atoms with Gasteiger partial charge in [-0.3, -0.25) is 9.10 Å². The van der Waals surface area contributed by atoms with E-state index in [0.29, 0.717) is 17.3 Å². The number of sulfonamides is 1. The summed E-state index contributed by atoms with van der Waals surface area (Å²) in [5, 5.41) is 3.32. The summed E-state index contributed by atoms with van der Waals surface area (Å²) in [5.74, 6) is -0.336. The van der Waals surface area contributed by atoms with Gasteiger partial charge in [-0.05, 0) is 68.5 Å². The predicted molar refractivity (Wildman–Crippen MR) is 117 cm³/mol. The number of para-hydroxylation sites is 1. The smallest absolute Gasteiger partial charge is 0.264 e. The standard InChI is InChI=1S/C22H25ClN2O3S/c1-17-7-5-6-10-21(17)25(29(27,28)20-13-11-19(23)12-14-20)16-22(26)24-15-18-8-3-2-4-9-18/h5-8,10-14H,2-4,9,15-16H2,1H3,(H,24,26). The van der Waals surface area contributed by atoms with Gasteiger partial charge in [0.25, 0.3) is 10.0 Å². The molecule has 7 heteroatoms. The van der Waals surface area contributed by atoms with Crippen LogP contribution in [0.1, 0.15) is 31.2 Å². The molecule has 3 rings (SSSR count). The SMILES string of the molecule is Cc1ccccc1N(CC(=O)NCC1=CCCCC1)S(=O)(=O)c1ccc(Cl)cc1. The van der Waals surface area contributed by atoms with Gasteiger partial charge in [-0.1, -0.05) is 41.4 Å². The molecular formula is C22H25ClN2O3S. The Bertz CT molecular complexity index is 1000. The van der Waals surface area contributed by atoms with Gasteiger partial charge in [0, 0.05) is 11.6 Å². The van der Waals surface area contributed by atoms with Gasteiger partial charge in [-0.15, -0.1) is 0 Å². The van der Waals surface area contributed by atoms with Gasteiger partial charge in [0.1, 0.15) is 6.54 Å². The number of hydrogen-bond acceptors (Lipinski definition) is 3. The normalized spacial score (nSPS) is 14.2. The van der Waals surface area contributed by atoms with E-state index in [1.165, 1.54) is 36.3 Å². The van der Waals surface area contributed by atoms with Gasteiger partial charge in [-0.25, -0.2) is 8.42 Å². The largest absolute Gasteiger partial charge is 0.351 e. The van der Waals surface area contributed by atoms with Crippen molar-refractivity contribution in [1.82, 2.24) is 5.32 Å². The van der Waals surface area contributed by atoms with Crippen LogP contribution in [-0.2, 0) is 14.8 Å². The van der Waals surface area contributed by atoms with Crippen molar-refractivity contribution in [3.8, 4) is 0 Å². The monoisotopic (exact) mass is 432 g/mol. The van der Waals surface area contributed by atoms with E-state index >= 15 is 0 Å². The number of rotatable bonds is 7. The molecule has 0 spiro atoms. The lowest BCUT2D eigenvalue weighted by atomic mass is 10.00. The van der Waals surface area contributed by atoms with Gasteiger partial charge in [0.05, 0.1) is 10.6 Å². The Hall–Kier alpha value is -2.31. The fourth-order valence-electron chi connectivity index (χ4n) is 3.34. The summed E-state index contributed by atoms with van der Waals surface area (Å²) in [5.41, 5.74) is 2.45. The van der Waals surface area contributed by atoms with Crippen LogP contribution in [0.4, 0.5) is 5.69 Å². The highest BCUT2D eigenvalue weighted by Crippen LogP contribution is 2.27. The van der Waals surface area contributed by atoms with E-state index in [2.05, 4.69) is 11.4 Å². The molecule has 2 aromatic carbocycles. The maximum Gasteiger partial charge on any atom is 0.264 e. The van der Waals surface area contributed by atoms with E-state index in [-0.39, 0.29) is 17.3 Å². The predicted octanol–water partition coefficient (Wildman–Crippen LogP) is 4.46. The molecule has 0 atom stereocenters. The zero-order chi connectivity index (χ0) is 20.9. The van der Waals surface area contributed by atoms with Crippen molar-refractivity contribution in [3.63, 3.8) is 0 Å². The minimum atomic E-state index is -3.93. The number of halogens is 1. The molecule has 0 saturated heterocycles. The number of anilines is 1. The first-order valence-corrected chi connectivity index (χ1v) is 11.5. The van der Waals surface area contributed by atoms with Gasteiger partial charge in [0.15, 0.2) is 0 Å². The second-order valence-electron chi connectivity index (χ2n) is 7.14. The van der Waals surface area contributed by atoms with Gasteiger partial charge >= 0.3 is 0 Å². The van der Waals surface area contributed by atoms with E-state index in [1.807, 2.05) is 19.1 Å². The summed E-state index contributed by atoms with van der Waals surface area (Å²) in [4.78, 5) is 12.7. The van der Waals surface area contributed by atoms with Crippen LogP contribution in [0.2, 0.25) is 5.02 Å². The fraction of sp³-hybridized carbons (Fsp3) is 0.318. The Morgan fingerprint density at radius 1 is 1.10 bits per heavy atom. The van der Waals surface area contributed by atoms with Crippen LogP contribution >= 0.6 is 11.6 Å². The first-order chi connectivity index (χ1) is 13.9. The van der Waals surface area contributed by atoms with Crippen LogP contribution in [0.25, 0.3) is 0 Å². The Kier molecular flexibility index (Phi) is 6.98. The molecule has 1 amide bonds. The maximum atomic E-state index is 13.3. The van der Waals surface area contributed by atoms with Gasteiger partial charge in [-0.2, -0.15) is 0 Å². The Labute approximate surface area is 177 Å². The third-order valence-corrected chi connectivity index (χ3v) is 7.00. The minimum absolute atomic E-state index is 0.0907. The molecule has 0 aromatic heterocycles. The van der Waals surface area contributed by atoms with E-state index in [1.54, 1.807) is 12.1 Å². The average molecular weight is 433 g/mol. The molecule has 0 heterocycles. The number of benzene rings is 2. The lowest BCUT2D eigenvalue weighted by Gasteiger charge is -2.26. The van der Waals surface area contributed by atoms with E-state index in [0.717, 1.165) is 29.1 Å². The molecule has 2 aromatic rings. The third kappa shape index (κ3) is 5.40. The summed E-state index contributed by atoms with van der Waals surface area (Å²) in [6, 6.07) is 13.1. The zero-order valence-corrected chi connectivity index (χ0v) is 18.0. The number of nitrogens with one attached hydrogen (secondary N) is 1. The topological polar surface area (TPSA) is 66.5 Å². The van der Waals surface area contributed by atoms with Crippen molar-refractivity contribution in [1.29, 1.82) is 0 Å². The van der Waals surface area contributed by atoms with Gasteiger partial charge < -0.3 is 5.32 Å². The zero-order valence-electron chi connectivity index (χ0n) is 16.4. The van der Waals surface area contributed by atoms with Gasteiger partial charge in [0.2, 0.25) is 5.91 Å². The molecule has 0 bridgehead atoms.